The lowest BCUT2D eigenvalue weighted by atomic mass is 9.95. The van der Waals surface area contributed by atoms with Crippen molar-refractivity contribution < 1.29 is 5.11 Å². The van der Waals surface area contributed by atoms with Gasteiger partial charge in [-0.15, -0.1) is 0 Å². The van der Waals surface area contributed by atoms with Crippen molar-refractivity contribution in [2.75, 3.05) is 6.61 Å². The Morgan fingerprint density at radius 3 is 1.66 bits per heavy atom. The van der Waals surface area contributed by atoms with Crippen LogP contribution in [0.5, 0.6) is 0 Å². The van der Waals surface area contributed by atoms with Gasteiger partial charge in [0.1, 0.15) is 8.07 Å². The van der Waals surface area contributed by atoms with Gasteiger partial charge in [0.25, 0.3) is 0 Å². The maximum atomic E-state index is 10.4. The van der Waals surface area contributed by atoms with Gasteiger partial charge in [-0.25, -0.2) is 0 Å². The molecule has 29 heavy (non-hydrogen) atoms. The van der Waals surface area contributed by atoms with Crippen molar-refractivity contribution in [1.82, 2.24) is 0 Å². The van der Waals surface area contributed by atoms with Gasteiger partial charge in [-0.05, 0) is 29.0 Å². The highest BCUT2D eigenvalue weighted by Gasteiger charge is 2.60. The number of benzene rings is 3. The first-order chi connectivity index (χ1) is 13.9. The molecule has 1 saturated carbocycles. The highest BCUT2D eigenvalue weighted by molar-refractivity contribution is 7.04. The standard InChI is InChI=1S/C27H32OSi/c1-26(2,3)29(24-15-9-5-10-16-24,25-17-11-6-12-18-25)20-23-19-27(23,21-28)22-13-7-4-8-14-22/h4-18,23,28H,19-21H2,1-3H3/t23-,27-/m0/s1. The van der Waals surface area contributed by atoms with Crippen molar-refractivity contribution in [2.24, 2.45) is 5.92 Å². The molecule has 1 nitrogen and oxygen atoms in total. The monoisotopic (exact) mass is 400 g/mol. The fraction of sp³-hybridized carbons (Fsp3) is 0.333. The molecular formula is C27H32OSi. The molecule has 3 aromatic rings. The molecule has 0 aromatic heterocycles. The molecule has 1 fully saturated rings. The summed E-state index contributed by atoms with van der Waals surface area (Å²) in [5.41, 5.74) is 1.22. The van der Waals surface area contributed by atoms with Crippen LogP contribution in [0.4, 0.5) is 0 Å². The van der Waals surface area contributed by atoms with Crippen LogP contribution in [0.15, 0.2) is 91.0 Å². The number of aliphatic hydroxyl groups excluding tert-OH is 1. The predicted molar refractivity (Wildman–Crippen MR) is 126 cm³/mol. The van der Waals surface area contributed by atoms with Crippen LogP contribution >= 0.6 is 0 Å². The molecule has 0 bridgehead atoms. The number of hydrogen-bond acceptors (Lipinski definition) is 1. The van der Waals surface area contributed by atoms with Gasteiger partial charge in [-0.3, -0.25) is 0 Å². The molecule has 0 radical (unpaired) electrons. The van der Waals surface area contributed by atoms with Crippen LogP contribution in [-0.2, 0) is 5.41 Å². The lowest BCUT2D eigenvalue weighted by molar-refractivity contribution is 0.247. The van der Waals surface area contributed by atoms with Crippen LogP contribution in [0.1, 0.15) is 32.8 Å². The quantitative estimate of drug-likeness (QED) is 0.577. The molecule has 1 aliphatic carbocycles. The average Bonchev–Trinajstić information content (AvgIpc) is 3.47. The zero-order valence-electron chi connectivity index (χ0n) is 17.8. The number of rotatable bonds is 6. The highest BCUT2D eigenvalue weighted by atomic mass is 28.3. The van der Waals surface area contributed by atoms with E-state index >= 15 is 0 Å². The Balaban J connectivity index is 1.82. The fourth-order valence-electron chi connectivity index (χ4n) is 5.45. The smallest absolute Gasteiger partial charge is 0.123 e. The van der Waals surface area contributed by atoms with Crippen molar-refractivity contribution in [2.45, 2.75) is 43.7 Å². The molecule has 0 amide bonds. The van der Waals surface area contributed by atoms with E-state index in [1.54, 1.807) is 0 Å². The van der Waals surface area contributed by atoms with Crippen molar-refractivity contribution in [1.29, 1.82) is 0 Å². The molecule has 4 rings (SSSR count). The first kappa shape index (κ1) is 20.1. The van der Waals surface area contributed by atoms with Gasteiger partial charge in [-0.2, -0.15) is 0 Å². The minimum atomic E-state index is -2.10. The minimum absolute atomic E-state index is 0.0751. The first-order valence-corrected chi connectivity index (χ1v) is 12.9. The molecule has 2 heteroatoms. The second-order valence-corrected chi connectivity index (χ2v) is 14.5. The van der Waals surface area contributed by atoms with Crippen LogP contribution < -0.4 is 10.4 Å². The lowest BCUT2D eigenvalue weighted by Crippen LogP contribution is -2.64. The van der Waals surface area contributed by atoms with E-state index in [0.717, 1.165) is 6.42 Å². The van der Waals surface area contributed by atoms with Crippen molar-refractivity contribution in [3.05, 3.63) is 96.6 Å². The van der Waals surface area contributed by atoms with E-state index < -0.39 is 8.07 Å². The molecule has 150 valence electrons. The van der Waals surface area contributed by atoms with Crippen molar-refractivity contribution >= 4 is 18.4 Å². The van der Waals surface area contributed by atoms with E-state index in [4.69, 9.17) is 0 Å². The van der Waals surface area contributed by atoms with Crippen LogP contribution in [0, 0.1) is 5.92 Å². The number of aliphatic hydroxyl groups is 1. The third kappa shape index (κ3) is 3.39. The van der Waals surface area contributed by atoms with E-state index in [2.05, 4.69) is 112 Å². The van der Waals surface area contributed by atoms with Crippen LogP contribution in [0.25, 0.3) is 0 Å². The average molecular weight is 401 g/mol. The fourth-order valence-corrected chi connectivity index (χ4v) is 11.4. The van der Waals surface area contributed by atoms with Gasteiger partial charge in [0.2, 0.25) is 0 Å². The Hall–Kier alpha value is -2.16. The molecule has 1 aliphatic rings. The third-order valence-corrected chi connectivity index (χ3v) is 13.5. The summed E-state index contributed by atoms with van der Waals surface area (Å²) in [6.45, 7) is 7.50. The summed E-state index contributed by atoms with van der Waals surface area (Å²) < 4.78 is 0. The lowest BCUT2D eigenvalue weighted by Gasteiger charge is -2.45. The Labute approximate surface area is 176 Å². The van der Waals surface area contributed by atoms with Gasteiger partial charge in [-0.1, -0.05) is 122 Å². The van der Waals surface area contributed by atoms with Gasteiger partial charge >= 0.3 is 0 Å². The molecular weight excluding hydrogens is 368 g/mol. The Kier molecular flexibility index (Phi) is 5.26. The summed E-state index contributed by atoms with van der Waals surface area (Å²) in [7, 11) is -2.10. The third-order valence-electron chi connectivity index (χ3n) is 7.23. The Morgan fingerprint density at radius 1 is 0.793 bits per heavy atom. The highest BCUT2D eigenvalue weighted by Crippen LogP contribution is 2.59. The molecule has 2 atom stereocenters. The molecule has 0 heterocycles. The molecule has 0 saturated heterocycles. The zero-order chi connectivity index (χ0) is 20.5. The van der Waals surface area contributed by atoms with E-state index in [-0.39, 0.29) is 17.1 Å². The van der Waals surface area contributed by atoms with Gasteiger partial charge in [0, 0.05) is 5.41 Å². The summed E-state index contributed by atoms with van der Waals surface area (Å²) >= 11 is 0. The molecule has 1 N–H and O–H groups in total. The summed E-state index contributed by atoms with van der Waals surface area (Å²) in [4.78, 5) is 0. The van der Waals surface area contributed by atoms with E-state index in [1.165, 1.54) is 22.0 Å². The topological polar surface area (TPSA) is 20.2 Å². The molecule has 3 aromatic carbocycles. The van der Waals surface area contributed by atoms with Crippen molar-refractivity contribution in [3.63, 3.8) is 0 Å². The van der Waals surface area contributed by atoms with Gasteiger partial charge in [0.15, 0.2) is 0 Å². The van der Waals surface area contributed by atoms with E-state index in [0.29, 0.717) is 5.92 Å². The van der Waals surface area contributed by atoms with E-state index in [1.807, 2.05) is 0 Å². The van der Waals surface area contributed by atoms with Gasteiger partial charge in [0.05, 0.1) is 6.61 Å². The van der Waals surface area contributed by atoms with Gasteiger partial charge < -0.3 is 5.11 Å². The predicted octanol–water partition coefficient (Wildman–Crippen LogP) is 5.00. The second kappa shape index (κ2) is 7.59. The Morgan fingerprint density at radius 2 is 1.24 bits per heavy atom. The van der Waals surface area contributed by atoms with Crippen LogP contribution in [0.2, 0.25) is 11.1 Å². The largest absolute Gasteiger partial charge is 0.395 e. The first-order valence-electron chi connectivity index (χ1n) is 10.7. The zero-order valence-corrected chi connectivity index (χ0v) is 18.8. The maximum absolute atomic E-state index is 10.4. The van der Waals surface area contributed by atoms with Crippen molar-refractivity contribution in [3.8, 4) is 0 Å². The maximum Gasteiger partial charge on any atom is 0.123 e. The minimum Gasteiger partial charge on any atom is -0.395 e. The summed E-state index contributed by atoms with van der Waals surface area (Å²) in [5, 5.41) is 13.6. The number of hydrogen-bond donors (Lipinski definition) is 1. The summed E-state index contributed by atoms with van der Waals surface area (Å²) in [6, 6.07) is 34.2. The van der Waals surface area contributed by atoms with E-state index in [9.17, 15) is 5.11 Å². The van der Waals surface area contributed by atoms with Crippen LogP contribution in [0.3, 0.4) is 0 Å². The summed E-state index contributed by atoms with van der Waals surface area (Å²) in [5.74, 6) is 0.515. The molecule has 0 unspecified atom stereocenters. The normalized spacial score (nSPS) is 21.7. The Bertz CT molecular complexity index is 891. The SMILES string of the molecule is CC(C)(C)[Si](C[C@@H]1C[C@]1(CO)c1ccccc1)(c1ccccc1)c1ccccc1. The summed E-state index contributed by atoms with van der Waals surface area (Å²) in [6.07, 6.45) is 1.08. The molecule has 0 aliphatic heterocycles. The molecule has 0 spiro atoms. The van der Waals surface area contributed by atoms with Crippen LogP contribution in [-0.4, -0.2) is 19.8 Å². The second-order valence-electron chi connectivity index (χ2n) is 9.67.